The molecule has 5 atom stereocenters. The maximum Gasteiger partial charge on any atom is 0.227 e. The summed E-state index contributed by atoms with van der Waals surface area (Å²) in [5.74, 6) is 1.17. The third-order valence-electron chi connectivity index (χ3n) is 7.69. The second-order valence-electron chi connectivity index (χ2n) is 10.3. The van der Waals surface area contributed by atoms with Gasteiger partial charge < -0.3 is 35.8 Å². The van der Waals surface area contributed by atoms with E-state index in [1.165, 1.54) is 0 Å². The minimum atomic E-state index is -1.11. The maximum atomic E-state index is 12.0. The number of aliphatic hydroxyl groups excluding tert-OH is 3. The molecule has 0 saturated heterocycles. The third-order valence-corrected chi connectivity index (χ3v) is 7.69. The number of nitrogens with zero attached hydrogens (tertiary/aromatic N) is 4. The molecule has 1 unspecified atom stereocenters. The zero-order valence-electron chi connectivity index (χ0n) is 22.9. The molecule has 2 aromatic heterocycles. The van der Waals surface area contributed by atoms with Crippen LogP contribution in [-0.2, 0) is 11.2 Å². The van der Waals surface area contributed by atoms with Gasteiger partial charge >= 0.3 is 0 Å². The van der Waals surface area contributed by atoms with Gasteiger partial charge in [0.05, 0.1) is 31.1 Å². The van der Waals surface area contributed by atoms with E-state index in [-0.39, 0.29) is 18.6 Å². The first kappa shape index (κ1) is 28.7. The number of aliphatic hydroxyl groups is 3. The fraction of sp³-hybridized carbons (Fsp3) is 0.571. The number of carbonyl (C=O) groups excluding carboxylic acids is 1. The predicted molar refractivity (Wildman–Crippen MR) is 150 cm³/mol. The Morgan fingerprint density at radius 2 is 1.85 bits per heavy atom. The van der Waals surface area contributed by atoms with Crippen molar-refractivity contribution in [2.75, 3.05) is 23.8 Å². The second-order valence-corrected chi connectivity index (χ2v) is 10.3. The van der Waals surface area contributed by atoms with Crippen LogP contribution in [0.4, 0.5) is 11.8 Å². The van der Waals surface area contributed by atoms with E-state index in [2.05, 4.69) is 34.8 Å². The van der Waals surface area contributed by atoms with E-state index in [0.717, 1.165) is 24.9 Å². The molecule has 0 spiro atoms. The van der Waals surface area contributed by atoms with E-state index in [9.17, 15) is 20.1 Å². The molecule has 1 aliphatic carbocycles. The molecular formula is C28H41N7O4. The molecule has 11 heteroatoms. The molecule has 1 aliphatic rings. The quantitative estimate of drug-likeness (QED) is 0.192. The molecule has 39 heavy (non-hydrogen) atoms. The zero-order valence-corrected chi connectivity index (χ0v) is 22.9. The molecule has 6 N–H and O–H groups in total. The van der Waals surface area contributed by atoms with Gasteiger partial charge in [-0.25, -0.2) is 4.98 Å². The molecule has 11 nitrogen and oxygen atoms in total. The lowest BCUT2D eigenvalue weighted by atomic mass is 10.0. The molecule has 3 aromatic rings. The number of hydrogen-bond donors (Lipinski definition) is 6. The van der Waals surface area contributed by atoms with Crippen molar-refractivity contribution in [3.8, 4) is 0 Å². The SMILES string of the molecule is CCC(=O)N[C@H]1CC(n2cnc3c(NCC(CC)CC)nc(N[C@@H](CO)Cc4ccccc4)nc32)[C@H](O)[C@@H]1O. The number of nitrogens with one attached hydrogen (secondary N) is 3. The highest BCUT2D eigenvalue weighted by Gasteiger charge is 2.43. The summed E-state index contributed by atoms with van der Waals surface area (Å²) in [4.78, 5) is 26.0. The molecule has 0 bridgehead atoms. The zero-order chi connectivity index (χ0) is 27.9. The van der Waals surface area contributed by atoms with Crippen molar-refractivity contribution in [2.45, 2.75) is 83.2 Å². The fourth-order valence-electron chi connectivity index (χ4n) is 5.14. The molecular weight excluding hydrogens is 498 g/mol. The van der Waals surface area contributed by atoms with E-state index < -0.39 is 24.3 Å². The van der Waals surface area contributed by atoms with Crippen molar-refractivity contribution in [3.05, 3.63) is 42.2 Å². The Bertz CT molecular complexity index is 1220. The first-order valence-corrected chi connectivity index (χ1v) is 13.9. The lowest BCUT2D eigenvalue weighted by Gasteiger charge is -2.20. The van der Waals surface area contributed by atoms with Crippen molar-refractivity contribution < 1.29 is 20.1 Å². The Balaban J connectivity index is 1.67. The summed E-state index contributed by atoms with van der Waals surface area (Å²) in [6.45, 7) is 6.66. The number of carbonyl (C=O) groups is 1. The van der Waals surface area contributed by atoms with Gasteiger partial charge in [-0.2, -0.15) is 9.97 Å². The second kappa shape index (κ2) is 13.2. The van der Waals surface area contributed by atoms with Crippen molar-refractivity contribution >= 4 is 28.8 Å². The molecule has 1 aromatic carbocycles. The van der Waals surface area contributed by atoms with Crippen LogP contribution in [0.25, 0.3) is 11.2 Å². The van der Waals surface area contributed by atoms with Gasteiger partial charge in [-0.3, -0.25) is 4.79 Å². The summed E-state index contributed by atoms with van der Waals surface area (Å²) in [6, 6.07) is 8.45. The first-order valence-electron chi connectivity index (χ1n) is 13.9. The lowest BCUT2D eigenvalue weighted by Crippen LogP contribution is -2.42. The number of hydrogen-bond acceptors (Lipinski definition) is 9. The number of rotatable bonds is 13. The Morgan fingerprint density at radius 3 is 2.51 bits per heavy atom. The Hall–Kier alpha value is -3.28. The number of amides is 1. The summed E-state index contributed by atoms with van der Waals surface area (Å²) in [6.07, 6.45) is 2.64. The normalized spacial score (nSPS) is 21.8. The molecule has 1 fully saturated rings. The topological polar surface area (TPSA) is 157 Å². The van der Waals surface area contributed by atoms with E-state index in [4.69, 9.17) is 9.97 Å². The predicted octanol–water partition coefficient (Wildman–Crippen LogP) is 2.25. The Labute approximate surface area is 229 Å². The highest BCUT2D eigenvalue weighted by atomic mass is 16.3. The number of anilines is 2. The van der Waals surface area contributed by atoms with Crippen LogP contribution in [0.2, 0.25) is 0 Å². The molecule has 212 valence electrons. The summed E-state index contributed by atoms with van der Waals surface area (Å²) in [7, 11) is 0. The van der Waals surface area contributed by atoms with Crippen LogP contribution in [0.3, 0.4) is 0 Å². The average molecular weight is 540 g/mol. The summed E-state index contributed by atoms with van der Waals surface area (Å²) < 4.78 is 1.75. The van der Waals surface area contributed by atoms with Crippen LogP contribution >= 0.6 is 0 Å². The van der Waals surface area contributed by atoms with Gasteiger partial charge in [0, 0.05) is 13.0 Å². The van der Waals surface area contributed by atoms with Crippen LogP contribution in [-0.4, -0.2) is 78.2 Å². The minimum absolute atomic E-state index is 0.113. The van der Waals surface area contributed by atoms with Crippen LogP contribution < -0.4 is 16.0 Å². The molecule has 0 radical (unpaired) electrons. The molecule has 1 amide bonds. The monoisotopic (exact) mass is 539 g/mol. The van der Waals surface area contributed by atoms with Crippen molar-refractivity contribution in [1.29, 1.82) is 0 Å². The summed E-state index contributed by atoms with van der Waals surface area (Å²) in [5.41, 5.74) is 2.12. The standard InChI is InChI=1S/C28H41N7O4/c1-4-17(5-2)14-29-26-23-27(34-28(33-26)31-19(15-36)12-18-10-8-7-9-11-18)35(16-30-23)21-13-20(24(38)25(21)39)32-22(37)6-3/h7-11,16-17,19-21,24-25,36,38-39H,4-6,12-15H2,1-3H3,(H,32,37)(H2,29,31,33,34)/t19-,20+,21?,24-,25+/m1/s1. The Morgan fingerprint density at radius 1 is 1.10 bits per heavy atom. The van der Waals surface area contributed by atoms with E-state index in [1.807, 2.05) is 30.3 Å². The van der Waals surface area contributed by atoms with Gasteiger partial charge in [0.2, 0.25) is 11.9 Å². The summed E-state index contributed by atoms with van der Waals surface area (Å²) >= 11 is 0. The van der Waals surface area contributed by atoms with E-state index in [0.29, 0.717) is 48.1 Å². The van der Waals surface area contributed by atoms with Crippen LogP contribution in [0.5, 0.6) is 0 Å². The van der Waals surface area contributed by atoms with Crippen LogP contribution in [0.1, 0.15) is 58.1 Å². The van der Waals surface area contributed by atoms with Crippen LogP contribution in [0.15, 0.2) is 36.7 Å². The van der Waals surface area contributed by atoms with E-state index >= 15 is 0 Å². The van der Waals surface area contributed by atoms with E-state index in [1.54, 1.807) is 17.8 Å². The number of benzene rings is 1. The molecule has 1 saturated carbocycles. The van der Waals surface area contributed by atoms with Crippen molar-refractivity contribution in [1.82, 2.24) is 24.8 Å². The van der Waals surface area contributed by atoms with Gasteiger partial charge in [-0.15, -0.1) is 0 Å². The van der Waals surface area contributed by atoms with Gasteiger partial charge in [0.1, 0.15) is 12.2 Å². The average Bonchev–Trinajstić information content (AvgIpc) is 3.49. The number of aromatic nitrogens is 4. The smallest absolute Gasteiger partial charge is 0.227 e. The third kappa shape index (κ3) is 6.66. The fourth-order valence-corrected chi connectivity index (χ4v) is 5.14. The van der Waals surface area contributed by atoms with Crippen molar-refractivity contribution in [2.24, 2.45) is 5.92 Å². The van der Waals surface area contributed by atoms with Gasteiger partial charge in [0.15, 0.2) is 17.0 Å². The number of fused-ring (bicyclic) bond motifs is 1. The maximum absolute atomic E-state index is 12.0. The highest BCUT2D eigenvalue weighted by Crippen LogP contribution is 2.34. The van der Waals surface area contributed by atoms with Gasteiger partial charge in [-0.05, 0) is 24.3 Å². The lowest BCUT2D eigenvalue weighted by molar-refractivity contribution is -0.122. The molecule has 4 rings (SSSR count). The number of imidazole rings is 1. The Kier molecular flexibility index (Phi) is 9.71. The van der Waals surface area contributed by atoms with Gasteiger partial charge in [-0.1, -0.05) is 63.9 Å². The van der Waals surface area contributed by atoms with Crippen LogP contribution in [0, 0.1) is 5.92 Å². The summed E-state index contributed by atoms with van der Waals surface area (Å²) in [5, 5.41) is 41.2. The first-order chi connectivity index (χ1) is 18.9. The minimum Gasteiger partial charge on any atom is -0.394 e. The van der Waals surface area contributed by atoms with Gasteiger partial charge in [0.25, 0.3) is 0 Å². The largest absolute Gasteiger partial charge is 0.394 e. The molecule has 0 aliphatic heterocycles. The molecule has 2 heterocycles. The highest BCUT2D eigenvalue weighted by molar-refractivity contribution is 5.84. The van der Waals surface area contributed by atoms with Crippen molar-refractivity contribution in [3.63, 3.8) is 0 Å².